The number of anilines is 1. The summed E-state index contributed by atoms with van der Waals surface area (Å²) in [6.07, 6.45) is 0.272. The maximum atomic E-state index is 13.3. The van der Waals surface area contributed by atoms with Crippen LogP contribution in [-0.2, 0) is 0 Å². The highest BCUT2D eigenvalue weighted by atomic mass is 19.1. The number of rotatable bonds is 1. The second-order valence-electron chi connectivity index (χ2n) is 3.98. The van der Waals surface area contributed by atoms with Gasteiger partial charge in [-0.05, 0) is 25.5 Å². The Hall–Kier alpha value is -1.16. The van der Waals surface area contributed by atoms with Gasteiger partial charge in [-0.3, -0.25) is 4.98 Å². The van der Waals surface area contributed by atoms with Crippen molar-refractivity contribution in [2.24, 2.45) is 0 Å². The monoisotopic (exact) mass is 210 g/mol. The SMILES string of the molecule is Cc1ccc(N2CC[C@H](O)[C@H](F)C2)cn1. The van der Waals surface area contributed by atoms with Gasteiger partial charge in [0.15, 0.2) is 0 Å². The van der Waals surface area contributed by atoms with E-state index in [2.05, 4.69) is 4.98 Å². The lowest BCUT2D eigenvalue weighted by atomic mass is 10.1. The number of alkyl halides is 1. The van der Waals surface area contributed by atoms with Gasteiger partial charge in [0, 0.05) is 12.2 Å². The van der Waals surface area contributed by atoms with Crippen molar-refractivity contribution in [1.82, 2.24) is 4.98 Å². The fraction of sp³-hybridized carbons (Fsp3) is 0.545. The molecule has 0 aliphatic carbocycles. The lowest BCUT2D eigenvalue weighted by molar-refractivity contribution is 0.0615. The van der Waals surface area contributed by atoms with E-state index in [1.807, 2.05) is 24.0 Å². The zero-order chi connectivity index (χ0) is 10.8. The Morgan fingerprint density at radius 2 is 2.33 bits per heavy atom. The largest absolute Gasteiger partial charge is 0.390 e. The Balaban J connectivity index is 2.08. The van der Waals surface area contributed by atoms with E-state index >= 15 is 0 Å². The zero-order valence-electron chi connectivity index (χ0n) is 8.73. The average Bonchev–Trinajstić information content (AvgIpc) is 2.23. The summed E-state index contributed by atoms with van der Waals surface area (Å²) in [4.78, 5) is 6.09. The number of piperidine rings is 1. The van der Waals surface area contributed by atoms with Crippen LogP contribution < -0.4 is 4.90 Å². The van der Waals surface area contributed by atoms with Crippen LogP contribution in [0, 0.1) is 6.92 Å². The van der Waals surface area contributed by atoms with Gasteiger partial charge in [-0.1, -0.05) is 0 Å². The first-order chi connectivity index (χ1) is 7.16. The molecule has 15 heavy (non-hydrogen) atoms. The Kier molecular flexibility index (Phi) is 2.86. The van der Waals surface area contributed by atoms with Crippen LogP contribution in [0.15, 0.2) is 18.3 Å². The number of hydrogen-bond acceptors (Lipinski definition) is 3. The summed E-state index contributed by atoms with van der Waals surface area (Å²) in [5.74, 6) is 0. The van der Waals surface area contributed by atoms with Crippen molar-refractivity contribution < 1.29 is 9.50 Å². The molecule has 1 aliphatic rings. The number of aliphatic hydroxyl groups is 1. The molecule has 2 heterocycles. The molecule has 2 atom stereocenters. The van der Waals surface area contributed by atoms with Gasteiger partial charge in [-0.2, -0.15) is 0 Å². The molecule has 2 rings (SSSR count). The van der Waals surface area contributed by atoms with Crippen LogP contribution in [0.5, 0.6) is 0 Å². The second-order valence-corrected chi connectivity index (χ2v) is 3.98. The Morgan fingerprint density at radius 3 is 2.93 bits per heavy atom. The molecule has 3 nitrogen and oxygen atoms in total. The first-order valence-electron chi connectivity index (χ1n) is 5.16. The molecule has 1 aliphatic heterocycles. The van der Waals surface area contributed by atoms with E-state index in [0.29, 0.717) is 13.0 Å². The van der Waals surface area contributed by atoms with Gasteiger partial charge in [-0.25, -0.2) is 4.39 Å². The van der Waals surface area contributed by atoms with E-state index in [0.717, 1.165) is 11.4 Å². The van der Waals surface area contributed by atoms with Crippen molar-refractivity contribution in [1.29, 1.82) is 0 Å². The lowest BCUT2D eigenvalue weighted by Gasteiger charge is -2.33. The maximum absolute atomic E-state index is 13.3. The molecule has 4 heteroatoms. The normalized spacial score (nSPS) is 26.7. The fourth-order valence-corrected chi connectivity index (χ4v) is 1.77. The van der Waals surface area contributed by atoms with Crippen LogP contribution in [0.3, 0.4) is 0 Å². The summed E-state index contributed by atoms with van der Waals surface area (Å²) in [5, 5.41) is 9.27. The summed E-state index contributed by atoms with van der Waals surface area (Å²) in [6, 6.07) is 3.85. The van der Waals surface area contributed by atoms with Crippen LogP contribution in [0.1, 0.15) is 12.1 Å². The van der Waals surface area contributed by atoms with Crippen molar-refractivity contribution in [3.63, 3.8) is 0 Å². The van der Waals surface area contributed by atoms with Gasteiger partial charge in [0.25, 0.3) is 0 Å². The predicted octanol–water partition coefficient (Wildman–Crippen LogP) is 1.30. The van der Waals surface area contributed by atoms with E-state index in [-0.39, 0.29) is 6.54 Å². The number of nitrogens with zero attached hydrogens (tertiary/aromatic N) is 2. The molecule has 0 saturated carbocycles. The number of halogens is 1. The Labute approximate surface area is 88.6 Å². The lowest BCUT2D eigenvalue weighted by Crippen LogP contribution is -2.44. The summed E-state index contributed by atoms with van der Waals surface area (Å²) >= 11 is 0. The van der Waals surface area contributed by atoms with E-state index in [9.17, 15) is 9.50 Å². The molecule has 1 aromatic rings. The third-order valence-electron chi connectivity index (χ3n) is 2.77. The van der Waals surface area contributed by atoms with E-state index in [1.165, 1.54) is 0 Å². The standard InChI is InChI=1S/C11H15FN2O/c1-8-2-3-9(6-13-8)14-5-4-11(15)10(12)7-14/h2-3,6,10-11,15H,4-5,7H2,1H3/t10-,11+/m1/s1. The predicted molar refractivity (Wildman–Crippen MR) is 56.7 cm³/mol. The summed E-state index contributed by atoms with van der Waals surface area (Å²) in [7, 11) is 0. The van der Waals surface area contributed by atoms with Gasteiger partial charge >= 0.3 is 0 Å². The zero-order valence-corrected chi connectivity index (χ0v) is 8.73. The van der Waals surface area contributed by atoms with Crippen LogP contribution in [0.25, 0.3) is 0 Å². The first-order valence-corrected chi connectivity index (χ1v) is 5.16. The third kappa shape index (κ3) is 2.26. The van der Waals surface area contributed by atoms with Crippen molar-refractivity contribution >= 4 is 5.69 Å². The van der Waals surface area contributed by atoms with Crippen molar-refractivity contribution in [2.75, 3.05) is 18.0 Å². The fourth-order valence-electron chi connectivity index (χ4n) is 1.77. The molecule has 0 unspecified atom stereocenters. The molecule has 1 saturated heterocycles. The highest BCUT2D eigenvalue weighted by Gasteiger charge is 2.27. The molecule has 0 amide bonds. The minimum atomic E-state index is -1.15. The number of aryl methyl sites for hydroxylation is 1. The molecular formula is C11H15FN2O. The van der Waals surface area contributed by atoms with Crippen LogP contribution in [0.2, 0.25) is 0 Å². The highest BCUT2D eigenvalue weighted by Crippen LogP contribution is 2.20. The molecule has 1 aromatic heterocycles. The van der Waals surface area contributed by atoms with Crippen LogP contribution in [0.4, 0.5) is 10.1 Å². The summed E-state index contributed by atoms with van der Waals surface area (Å²) in [6.45, 7) is 2.86. The quantitative estimate of drug-likeness (QED) is 0.759. The highest BCUT2D eigenvalue weighted by molar-refractivity contribution is 5.45. The van der Waals surface area contributed by atoms with Gasteiger partial charge < -0.3 is 10.0 Å². The second kappa shape index (κ2) is 4.14. The third-order valence-corrected chi connectivity index (χ3v) is 2.77. The minimum absolute atomic E-state index is 0.256. The molecule has 1 fully saturated rings. The number of aliphatic hydroxyl groups excluding tert-OH is 1. The number of aromatic nitrogens is 1. The van der Waals surface area contributed by atoms with E-state index in [1.54, 1.807) is 6.20 Å². The number of pyridine rings is 1. The Morgan fingerprint density at radius 1 is 1.53 bits per heavy atom. The molecule has 82 valence electrons. The first kappa shape index (κ1) is 10.4. The van der Waals surface area contributed by atoms with Gasteiger partial charge in [0.1, 0.15) is 6.17 Å². The topological polar surface area (TPSA) is 36.4 Å². The molecule has 0 spiro atoms. The van der Waals surface area contributed by atoms with Gasteiger partial charge in [0.05, 0.1) is 24.5 Å². The minimum Gasteiger partial charge on any atom is -0.390 e. The Bertz CT molecular complexity index is 328. The molecule has 1 N–H and O–H groups in total. The maximum Gasteiger partial charge on any atom is 0.143 e. The van der Waals surface area contributed by atoms with Crippen molar-refractivity contribution in [3.8, 4) is 0 Å². The average molecular weight is 210 g/mol. The smallest absolute Gasteiger partial charge is 0.143 e. The molecule has 0 bridgehead atoms. The van der Waals surface area contributed by atoms with Crippen molar-refractivity contribution in [2.45, 2.75) is 25.6 Å². The molecular weight excluding hydrogens is 195 g/mol. The molecule has 0 radical (unpaired) electrons. The van der Waals surface area contributed by atoms with Crippen molar-refractivity contribution in [3.05, 3.63) is 24.0 Å². The summed E-state index contributed by atoms with van der Waals surface area (Å²) in [5.41, 5.74) is 1.88. The number of hydrogen-bond donors (Lipinski definition) is 1. The van der Waals surface area contributed by atoms with E-state index < -0.39 is 12.3 Å². The van der Waals surface area contributed by atoms with E-state index in [4.69, 9.17) is 0 Å². The van der Waals surface area contributed by atoms with Gasteiger partial charge in [0.2, 0.25) is 0 Å². The van der Waals surface area contributed by atoms with Gasteiger partial charge in [-0.15, -0.1) is 0 Å². The molecule has 0 aromatic carbocycles. The summed E-state index contributed by atoms with van der Waals surface area (Å²) < 4.78 is 13.3. The van der Waals surface area contributed by atoms with Crippen LogP contribution >= 0.6 is 0 Å². The van der Waals surface area contributed by atoms with Crippen LogP contribution in [-0.4, -0.2) is 35.5 Å².